The van der Waals surface area contributed by atoms with Gasteiger partial charge in [0.25, 0.3) is 0 Å². The standard InChI is InChI=1S/C14H17FN2O/c15-12-8-9(14(16)18)4-7-13(12)17-10-2-1-3-11(17)6-5-10/h4,7-8,10-11H,1-3,5-6H2,(H2,16,18). The Balaban J connectivity index is 1.95. The molecule has 4 heteroatoms. The number of nitrogens with two attached hydrogens (primary N) is 1. The van der Waals surface area contributed by atoms with Crippen molar-refractivity contribution in [1.82, 2.24) is 0 Å². The predicted molar refractivity (Wildman–Crippen MR) is 68.1 cm³/mol. The summed E-state index contributed by atoms with van der Waals surface area (Å²) in [6.07, 6.45) is 5.84. The van der Waals surface area contributed by atoms with Gasteiger partial charge < -0.3 is 10.6 Å². The van der Waals surface area contributed by atoms with Crippen LogP contribution in [0.25, 0.3) is 0 Å². The minimum absolute atomic E-state index is 0.237. The molecule has 3 nitrogen and oxygen atoms in total. The van der Waals surface area contributed by atoms with Gasteiger partial charge in [-0.2, -0.15) is 0 Å². The Hall–Kier alpha value is -1.58. The average molecular weight is 248 g/mol. The van der Waals surface area contributed by atoms with E-state index in [1.165, 1.54) is 12.5 Å². The summed E-state index contributed by atoms with van der Waals surface area (Å²) in [7, 11) is 0. The molecule has 0 saturated carbocycles. The molecule has 2 bridgehead atoms. The highest BCUT2D eigenvalue weighted by Crippen LogP contribution is 2.40. The first kappa shape index (κ1) is 11.5. The van der Waals surface area contributed by atoms with E-state index >= 15 is 0 Å². The summed E-state index contributed by atoms with van der Waals surface area (Å²) in [5.41, 5.74) is 6.03. The van der Waals surface area contributed by atoms with Crippen LogP contribution < -0.4 is 10.6 Å². The molecule has 2 atom stereocenters. The number of carbonyl (C=O) groups is 1. The van der Waals surface area contributed by atoms with E-state index in [9.17, 15) is 9.18 Å². The number of fused-ring (bicyclic) bond motifs is 2. The number of rotatable bonds is 2. The summed E-state index contributed by atoms with van der Waals surface area (Å²) in [5.74, 6) is -0.910. The molecule has 1 amide bonds. The van der Waals surface area contributed by atoms with Gasteiger partial charge in [-0.15, -0.1) is 0 Å². The third-order valence-corrected chi connectivity index (χ3v) is 4.20. The zero-order valence-electron chi connectivity index (χ0n) is 10.2. The molecule has 0 aliphatic carbocycles. The number of benzene rings is 1. The van der Waals surface area contributed by atoms with Crippen LogP contribution in [0.4, 0.5) is 10.1 Å². The molecule has 18 heavy (non-hydrogen) atoms. The summed E-state index contributed by atoms with van der Waals surface area (Å²) in [6.45, 7) is 0. The van der Waals surface area contributed by atoms with E-state index in [0.717, 1.165) is 25.7 Å². The molecule has 1 aromatic rings. The van der Waals surface area contributed by atoms with Crippen molar-refractivity contribution >= 4 is 11.6 Å². The zero-order chi connectivity index (χ0) is 12.7. The molecule has 2 fully saturated rings. The lowest BCUT2D eigenvalue weighted by atomic mass is 10.0. The van der Waals surface area contributed by atoms with Crippen LogP contribution in [0.3, 0.4) is 0 Å². The monoisotopic (exact) mass is 248 g/mol. The van der Waals surface area contributed by atoms with Crippen molar-refractivity contribution in [1.29, 1.82) is 0 Å². The summed E-state index contributed by atoms with van der Waals surface area (Å²) >= 11 is 0. The molecule has 2 unspecified atom stereocenters. The molecule has 96 valence electrons. The van der Waals surface area contributed by atoms with Gasteiger partial charge in [0.05, 0.1) is 5.69 Å². The van der Waals surface area contributed by atoms with E-state index in [1.807, 2.05) is 0 Å². The molecule has 2 N–H and O–H groups in total. The largest absolute Gasteiger partial charge is 0.366 e. The Morgan fingerprint density at radius 3 is 2.44 bits per heavy atom. The Morgan fingerprint density at radius 2 is 1.89 bits per heavy atom. The number of hydrogen-bond donors (Lipinski definition) is 1. The van der Waals surface area contributed by atoms with Crippen molar-refractivity contribution in [3.63, 3.8) is 0 Å². The van der Waals surface area contributed by atoms with Crippen LogP contribution >= 0.6 is 0 Å². The second kappa shape index (κ2) is 4.26. The number of halogens is 1. The van der Waals surface area contributed by atoms with Gasteiger partial charge in [-0.1, -0.05) is 0 Å². The zero-order valence-corrected chi connectivity index (χ0v) is 10.2. The first-order valence-corrected chi connectivity index (χ1v) is 6.54. The first-order chi connectivity index (χ1) is 8.66. The highest BCUT2D eigenvalue weighted by atomic mass is 19.1. The topological polar surface area (TPSA) is 46.3 Å². The number of piperidine rings is 1. The molecule has 0 aromatic heterocycles. The lowest BCUT2D eigenvalue weighted by Gasteiger charge is -2.37. The maximum Gasteiger partial charge on any atom is 0.248 e. The van der Waals surface area contributed by atoms with Gasteiger partial charge in [0, 0.05) is 17.6 Å². The van der Waals surface area contributed by atoms with Crippen LogP contribution in [0.1, 0.15) is 42.5 Å². The minimum atomic E-state index is -0.581. The summed E-state index contributed by atoms with van der Waals surface area (Å²) in [6, 6.07) is 5.52. The average Bonchev–Trinajstić information content (AvgIpc) is 2.59. The van der Waals surface area contributed by atoms with Gasteiger partial charge in [0.15, 0.2) is 0 Å². The molecular formula is C14H17FN2O. The highest BCUT2D eigenvalue weighted by Gasteiger charge is 2.37. The lowest BCUT2D eigenvalue weighted by molar-refractivity contribution is 0.1000. The molecule has 3 rings (SSSR count). The molecule has 2 heterocycles. The number of amides is 1. The van der Waals surface area contributed by atoms with Crippen LogP contribution in [-0.4, -0.2) is 18.0 Å². The van der Waals surface area contributed by atoms with E-state index in [1.54, 1.807) is 12.1 Å². The SMILES string of the molecule is NC(=O)c1ccc(N2C3CCCC2CC3)c(F)c1. The molecule has 0 radical (unpaired) electrons. The molecule has 0 spiro atoms. The fourth-order valence-electron chi connectivity index (χ4n) is 3.38. The number of hydrogen-bond acceptors (Lipinski definition) is 2. The smallest absolute Gasteiger partial charge is 0.248 e. The normalized spacial score (nSPS) is 26.4. The van der Waals surface area contributed by atoms with Gasteiger partial charge in [-0.05, 0) is 50.3 Å². The van der Waals surface area contributed by atoms with Crippen molar-refractivity contribution in [3.05, 3.63) is 29.6 Å². The number of primary amides is 1. The fourth-order valence-corrected chi connectivity index (χ4v) is 3.38. The van der Waals surface area contributed by atoms with E-state index in [-0.39, 0.29) is 11.4 Å². The summed E-state index contributed by atoms with van der Waals surface area (Å²) < 4.78 is 14.1. The number of nitrogens with zero attached hydrogens (tertiary/aromatic N) is 1. The molecular weight excluding hydrogens is 231 g/mol. The molecule has 2 aliphatic rings. The van der Waals surface area contributed by atoms with Gasteiger partial charge in [0.2, 0.25) is 5.91 Å². The van der Waals surface area contributed by atoms with E-state index in [4.69, 9.17) is 5.73 Å². The highest BCUT2D eigenvalue weighted by molar-refractivity contribution is 5.93. The molecule has 2 saturated heterocycles. The maximum absolute atomic E-state index is 14.1. The van der Waals surface area contributed by atoms with Crippen molar-refractivity contribution in [2.45, 2.75) is 44.2 Å². The Labute approximate surface area is 106 Å². The summed E-state index contributed by atoms with van der Waals surface area (Å²) in [5, 5.41) is 0. The quantitative estimate of drug-likeness (QED) is 0.873. The van der Waals surface area contributed by atoms with E-state index < -0.39 is 5.91 Å². The maximum atomic E-state index is 14.1. The first-order valence-electron chi connectivity index (χ1n) is 6.54. The number of carbonyl (C=O) groups excluding carboxylic acids is 1. The van der Waals surface area contributed by atoms with Gasteiger partial charge in [0.1, 0.15) is 5.82 Å². The van der Waals surface area contributed by atoms with Crippen molar-refractivity contribution in [3.8, 4) is 0 Å². The van der Waals surface area contributed by atoms with Crippen LogP contribution in [0.5, 0.6) is 0 Å². The second-order valence-corrected chi connectivity index (χ2v) is 5.25. The second-order valence-electron chi connectivity index (χ2n) is 5.25. The Bertz CT molecular complexity index is 473. The van der Waals surface area contributed by atoms with E-state index in [2.05, 4.69) is 4.90 Å². The van der Waals surface area contributed by atoms with Crippen molar-refractivity contribution < 1.29 is 9.18 Å². The third-order valence-electron chi connectivity index (χ3n) is 4.20. The van der Waals surface area contributed by atoms with Crippen molar-refractivity contribution in [2.24, 2.45) is 5.73 Å². The molecule has 1 aromatic carbocycles. The van der Waals surface area contributed by atoms with Crippen LogP contribution in [0, 0.1) is 5.82 Å². The minimum Gasteiger partial charge on any atom is -0.366 e. The molecule has 2 aliphatic heterocycles. The van der Waals surface area contributed by atoms with Gasteiger partial charge in [-0.3, -0.25) is 4.79 Å². The van der Waals surface area contributed by atoms with Crippen LogP contribution in [0.2, 0.25) is 0 Å². The fraction of sp³-hybridized carbons (Fsp3) is 0.500. The van der Waals surface area contributed by atoms with Gasteiger partial charge >= 0.3 is 0 Å². The van der Waals surface area contributed by atoms with E-state index in [0.29, 0.717) is 17.8 Å². The van der Waals surface area contributed by atoms with Gasteiger partial charge in [-0.25, -0.2) is 4.39 Å². The van der Waals surface area contributed by atoms with Crippen LogP contribution in [0.15, 0.2) is 18.2 Å². The van der Waals surface area contributed by atoms with Crippen molar-refractivity contribution in [2.75, 3.05) is 4.90 Å². The van der Waals surface area contributed by atoms with Crippen LogP contribution in [-0.2, 0) is 0 Å². The Kier molecular flexibility index (Phi) is 2.73. The predicted octanol–water partition coefficient (Wildman–Crippen LogP) is 2.45. The third kappa shape index (κ3) is 1.76. The summed E-state index contributed by atoms with van der Waals surface area (Å²) in [4.78, 5) is 13.2. The lowest BCUT2D eigenvalue weighted by Crippen LogP contribution is -2.40. The number of anilines is 1. The Morgan fingerprint density at radius 1 is 1.22 bits per heavy atom.